The second-order valence-corrected chi connectivity index (χ2v) is 12.5. The van der Waals surface area contributed by atoms with Crippen LogP contribution < -0.4 is 5.73 Å². The lowest BCUT2D eigenvalue weighted by atomic mass is 9.75. The first-order chi connectivity index (χ1) is 20.7. The van der Waals surface area contributed by atoms with Gasteiger partial charge in [-0.15, -0.1) is 10.2 Å². The number of ether oxygens (including phenoxy) is 2. The van der Waals surface area contributed by atoms with Gasteiger partial charge in [-0.25, -0.2) is 18.1 Å². The molecule has 0 saturated heterocycles. The quantitative estimate of drug-likeness (QED) is 0.176. The Morgan fingerprint density at radius 1 is 1.14 bits per heavy atom. The van der Waals surface area contributed by atoms with Crippen LogP contribution in [0.5, 0.6) is 0 Å². The molecule has 1 aliphatic rings. The van der Waals surface area contributed by atoms with Gasteiger partial charge in [0.15, 0.2) is 21.3 Å². The van der Waals surface area contributed by atoms with Crippen LogP contribution >= 0.6 is 0 Å². The number of nitrogens with one attached hydrogen (secondary N) is 1. The average molecular weight is 606 g/mol. The van der Waals surface area contributed by atoms with E-state index in [1.54, 1.807) is 24.2 Å². The number of anilines is 1. The molecule has 0 unspecified atom stereocenters. The molecule has 5 aromatic rings. The summed E-state index contributed by atoms with van der Waals surface area (Å²) in [6, 6.07) is 9.66. The van der Waals surface area contributed by atoms with Gasteiger partial charge in [-0.1, -0.05) is 18.2 Å². The molecule has 4 aromatic heterocycles. The van der Waals surface area contributed by atoms with Gasteiger partial charge in [-0.2, -0.15) is 14.7 Å². The molecule has 43 heavy (non-hydrogen) atoms. The second kappa shape index (κ2) is 11.3. The number of nitrogens with zero attached hydrogens (tertiary/aromatic N) is 7. The summed E-state index contributed by atoms with van der Waals surface area (Å²) in [5, 5.41) is 16.5. The Morgan fingerprint density at radius 3 is 2.58 bits per heavy atom. The van der Waals surface area contributed by atoms with E-state index in [0.717, 1.165) is 17.5 Å². The molecule has 1 aromatic carbocycles. The number of ketones is 1. The maximum absolute atomic E-state index is 13.5. The average Bonchev–Trinajstić information content (AvgIpc) is 3.78. The van der Waals surface area contributed by atoms with E-state index in [1.807, 2.05) is 36.5 Å². The number of aromatic amines is 1. The minimum Gasteiger partial charge on any atom is -0.382 e. The molecule has 6 rings (SSSR count). The SMILES string of the molecule is COCCOC1(C(=O)c2nnc[nH]2)CCC(c2nc3c(-c4cnn(-c5ccccc5)c4)cnn3c(N)c2S(C)(=O)=O)CC1. The van der Waals surface area contributed by atoms with Gasteiger partial charge >= 0.3 is 0 Å². The van der Waals surface area contributed by atoms with Gasteiger partial charge in [0, 0.05) is 36.6 Å². The molecular formula is C28H31N9O5S. The summed E-state index contributed by atoms with van der Waals surface area (Å²) in [5.41, 5.74) is 8.38. The highest BCUT2D eigenvalue weighted by Gasteiger charge is 2.46. The van der Waals surface area contributed by atoms with Gasteiger partial charge in [0.05, 0.1) is 37.0 Å². The van der Waals surface area contributed by atoms with Crippen molar-refractivity contribution in [3.63, 3.8) is 0 Å². The Kier molecular flexibility index (Phi) is 7.54. The van der Waals surface area contributed by atoms with Crippen LogP contribution in [0, 0.1) is 0 Å². The molecule has 14 nitrogen and oxygen atoms in total. The maximum Gasteiger partial charge on any atom is 0.231 e. The number of hydrogen-bond acceptors (Lipinski definition) is 11. The smallest absolute Gasteiger partial charge is 0.231 e. The van der Waals surface area contributed by atoms with Gasteiger partial charge in [0.2, 0.25) is 5.78 Å². The van der Waals surface area contributed by atoms with Crippen LogP contribution in [-0.4, -0.2) is 85.9 Å². The third kappa shape index (κ3) is 5.30. The van der Waals surface area contributed by atoms with Crippen molar-refractivity contribution in [3.05, 3.63) is 66.8 Å². The lowest BCUT2D eigenvalue weighted by molar-refractivity contribution is -0.0636. The van der Waals surface area contributed by atoms with Crippen LogP contribution in [0.15, 0.2) is 60.1 Å². The van der Waals surface area contributed by atoms with Crippen LogP contribution in [0.4, 0.5) is 5.82 Å². The Bertz CT molecular complexity index is 1860. The fourth-order valence-corrected chi connectivity index (χ4v) is 6.77. The number of nitrogens with two attached hydrogens (primary N) is 1. The Morgan fingerprint density at radius 2 is 1.91 bits per heavy atom. The van der Waals surface area contributed by atoms with Gasteiger partial charge in [-0.3, -0.25) is 4.79 Å². The topological polar surface area (TPSA) is 185 Å². The van der Waals surface area contributed by atoms with E-state index < -0.39 is 15.4 Å². The highest BCUT2D eigenvalue weighted by Crippen LogP contribution is 2.44. The number of benzene rings is 1. The number of fused-ring (bicyclic) bond motifs is 1. The molecule has 0 amide bonds. The zero-order chi connectivity index (χ0) is 30.2. The number of para-hydroxylation sites is 1. The summed E-state index contributed by atoms with van der Waals surface area (Å²) >= 11 is 0. The molecule has 0 spiro atoms. The standard InChI is InChI=1S/C28H31N9O5S/c1-41-12-13-42-28(24(38)26-30-17-31-35-26)10-8-18(9-11-28)22-23(43(2,39)40)25(29)37-27(34-22)21(15-33-37)19-14-32-36(16-19)20-6-4-3-5-7-20/h3-7,14-18H,8-13,29H2,1-2H3,(H,30,31,35). The minimum absolute atomic E-state index is 0.0184. The zero-order valence-electron chi connectivity index (χ0n) is 23.7. The van der Waals surface area contributed by atoms with Crippen LogP contribution in [-0.2, 0) is 19.3 Å². The molecule has 224 valence electrons. The summed E-state index contributed by atoms with van der Waals surface area (Å²) < 4.78 is 40.5. The number of methoxy groups -OCH3 is 1. The number of sulfone groups is 1. The molecule has 4 heterocycles. The first kappa shape index (κ1) is 28.6. The van der Waals surface area contributed by atoms with Gasteiger partial charge in [0.1, 0.15) is 22.6 Å². The number of H-pyrrole nitrogens is 1. The van der Waals surface area contributed by atoms with Crippen LogP contribution in [0.1, 0.15) is 47.9 Å². The molecule has 0 atom stereocenters. The number of aromatic nitrogens is 8. The van der Waals surface area contributed by atoms with Crippen molar-refractivity contribution >= 4 is 27.1 Å². The molecule has 0 aliphatic heterocycles. The predicted octanol–water partition coefficient (Wildman–Crippen LogP) is 2.63. The van der Waals surface area contributed by atoms with E-state index in [-0.39, 0.29) is 34.8 Å². The molecule has 1 fully saturated rings. The summed E-state index contributed by atoms with van der Waals surface area (Å²) in [6.45, 7) is 0.523. The summed E-state index contributed by atoms with van der Waals surface area (Å²) in [6.07, 6.45) is 9.09. The van der Waals surface area contributed by atoms with Crippen molar-refractivity contribution < 1.29 is 22.7 Å². The first-order valence-electron chi connectivity index (χ1n) is 13.7. The van der Waals surface area contributed by atoms with Crippen molar-refractivity contribution in [3.8, 4) is 16.8 Å². The fraction of sp³-hybridized carbons (Fsp3) is 0.357. The zero-order valence-corrected chi connectivity index (χ0v) is 24.5. The van der Waals surface area contributed by atoms with E-state index in [2.05, 4.69) is 25.4 Å². The van der Waals surface area contributed by atoms with Crippen molar-refractivity contribution in [1.29, 1.82) is 0 Å². The monoisotopic (exact) mass is 605 g/mol. The fourth-order valence-electron chi connectivity index (χ4n) is 5.71. The number of nitrogen functional groups attached to an aromatic ring is 1. The molecule has 15 heteroatoms. The Labute approximate surface area is 247 Å². The van der Waals surface area contributed by atoms with E-state index in [9.17, 15) is 13.2 Å². The third-order valence-electron chi connectivity index (χ3n) is 7.84. The van der Waals surface area contributed by atoms with Gasteiger partial charge in [0.25, 0.3) is 0 Å². The first-order valence-corrected chi connectivity index (χ1v) is 15.6. The highest BCUT2D eigenvalue weighted by molar-refractivity contribution is 7.91. The summed E-state index contributed by atoms with van der Waals surface area (Å²) in [7, 11) is -2.24. The minimum atomic E-state index is -3.79. The molecular weight excluding hydrogens is 574 g/mol. The van der Waals surface area contributed by atoms with E-state index in [1.165, 1.54) is 10.8 Å². The number of carbonyl (C=O) groups is 1. The number of Topliss-reactive ketones (excluding diaryl/α,β-unsaturated/α-hetero) is 1. The van der Waals surface area contributed by atoms with E-state index in [4.69, 9.17) is 20.2 Å². The summed E-state index contributed by atoms with van der Waals surface area (Å²) in [4.78, 5) is 21.1. The third-order valence-corrected chi connectivity index (χ3v) is 9.00. The van der Waals surface area contributed by atoms with Crippen LogP contribution in [0.25, 0.3) is 22.5 Å². The van der Waals surface area contributed by atoms with Gasteiger partial charge in [-0.05, 0) is 37.8 Å². The maximum atomic E-state index is 13.5. The van der Waals surface area contributed by atoms with Crippen molar-refractivity contribution in [2.45, 2.75) is 42.1 Å². The number of rotatable bonds is 10. The molecule has 3 N–H and O–H groups in total. The Balaban J connectivity index is 1.38. The van der Waals surface area contributed by atoms with Crippen LogP contribution in [0.2, 0.25) is 0 Å². The molecule has 1 aliphatic carbocycles. The van der Waals surface area contributed by atoms with Crippen molar-refractivity contribution in [1.82, 2.24) is 39.6 Å². The lowest BCUT2D eigenvalue weighted by Gasteiger charge is -2.38. The molecule has 0 bridgehead atoms. The van der Waals surface area contributed by atoms with E-state index >= 15 is 0 Å². The number of hydrogen-bond donors (Lipinski definition) is 2. The second-order valence-electron chi connectivity index (χ2n) is 10.6. The normalized spacial score (nSPS) is 19.2. The largest absolute Gasteiger partial charge is 0.382 e. The number of carbonyl (C=O) groups excluding carboxylic acids is 1. The van der Waals surface area contributed by atoms with Crippen molar-refractivity contribution in [2.24, 2.45) is 0 Å². The molecule has 0 radical (unpaired) electrons. The van der Waals surface area contributed by atoms with E-state index in [0.29, 0.717) is 49.2 Å². The van der Waals surface area contributed by atoms with Gasteiger partial charge < -0.3 is 20.2 Å². The van der Waals surface area contributed by atoms with Crippen LogP contribution in [0.3, 0.4) is 0 Å². The van der Waals surface area contributed by atoms with Crippen molar-refractivity contribution in [2.75, 3.05) is 32.3 Å². The lowest BCUT2D eigenvalue weighted by Crippen LogP contribution is -2.46. The predicted molar refractivity (Wildman–Crippen MR) is 156 cm³/mol. The molecule has 1 saturated carbocycles. The summed E-state index contributed by atoms with van der Waals surface area (Å²) in [5.74, 6) is -0.528. The highest BCUT2D eigenvalue weighted by atomic mass is 32.2. The Hall–Kier alpha value is -4.47.